The van der Waals surface area contributed by atoms with Crippen LogP contribution in [0.25, 0.3) is 0 Å². The largest absolute Gasteiger partial charge is 0.343 e. The standard InChI is InChI=1S/C18H25N9O/c1-2-27-16(11-26-14-20-12-21-26)22-23-18(27)15-3-8-25(9-4-15)17(28)5-7-24-10-6-19-13-24/h6,10,12-15H,2-5,7-9,11H2,1H3. The zero-order chi connectivity index (χ0) is 19.3. The summed E-state index contributed by atoms with van der Waals surface area (Å²) < 4.78 is 5.86. The summed E-state index contributed by atoms with van der Waals surface area (Å²) in [6, 6.07) is 0. The third-order valence-corrected chi connectivity index (χ3v) is 5.30. The summed E-state index contributed by atoms with van der Waals surface area (Å²) in [6.45, 7) is 5.69. The van der Waals surface area contributed by atoms with Crippen LogP contribution in [0.5, 0.6) is 0 Å². The second kappa shape index (κ2) is 8.32. The molecule has 0 N–H and O–H groups in total. The van der Waals surface area contributed by atoms with E-state index in [1.807, 2.05) is 15.7 Å². The molecule has 0 radical (unpaired) electrons. The van der Waals surface area contributed by atoms with Gasteiger partial charge in [0.1, 0.15) is 25.0 Å². The molecule has 1 aliphatic rings. The molecule has 3 aromatic rings. The van der Waals surface area contributed by atoms with Gasteiger partial charge in [-0.1, -0.05) is 0 Å². The van der Waals surface area contributed by atoms with Crippen molar-refractivity contribution in [2.75, 3.05) is 13.1 Å². The Morgan fingerprint density at radius 1 is 1.18 bits per heavy atom. The molecule has 0 spiro atoms. The van der Waals surface area contributed by atoms with Gasteiger partial charge in [0, 0.05) is 50.9 Å². The quantitative estimate of drug-likeness (QED) is 0.602. The van der Waals surface area contributed by atoms with Crippen molar-refractivity contribution in [2.24, 2.45) is 0 Å². The molecule has 4 rings (SSSR count). The fraction of sp³-hybridized carbons (Fsp3) is 0.556. The Balaban J connectivity index is 1.34. The van der Waals surface area contributed by atoms with Gasteiger partial charge in [0.2, 0.25) is 5.91 Å². The molecule has 148 valence electrons. The molecule has 1 amide bonds. The van der Waals surface area contributed by atoms with Crippen LogP contribution in [0.1, 0.15) is 43.8 Å². The van der Waals surface area contributed by atoms with Gasteiger partial charge in [-0.25, -0.2) is 14.6 Å². The Labute approximate surface area is 163 Å². The molecule has 0 aliphatic carbocycles. The number of aryl methyl sites for hydroxylation is 1. The smallest absolute Gasteiger partial charge is 0.224 e. The zero-order valence-corrected chi connectivity index (χ0v) is 16.1. The van der Waals surface area contributed by atoms with Crippen LogP contribution in [-0.2, 0) is 24.4 Å². The van der Waals surface area contributed by atoms with Crippen molar-refractivity contribution >= 4 is 5.91 Å². The van der Waals surface area contributed by atoms with Crippen LogP contribution in [0, 0.1) is 0 Å². The summed E-state index contributed by atoms with van der Waals surface area (Å²) in [6.07, 6.45) is 10.9. The SMILES string of the molecule is CCn1c(Cn2cncn2)nnc1C1CCN(C(=O)CCn2ccnc2)CC1. The number of piperidine rings is 1. The molecular weight excluding hydrogens is 358 g/mol. The first-order valence-electron chi connectivity index (χ1n) is 9.72. The van der Waals surface area contributed by atoms with Crippen LogP contribution < -0.4 is 0 Å². The Bertz CT molecular complexity index is 876. The third-order valence-electron chi connectivity index (χ3n) is 5.30. The topological polar surface area (TPSA) is 99.5 Å². The summed E-state index contributed by atoms with van der Waals surface area (Å²) >= 11 is 0. The lowest BCUT2D eigenvalue weighted by Crippen LogP contribution is -2.38. The van der Waals surface area contributed by atoms with E-state index < -0.39 is 0 Å². The molecule has 1 fully saturated rings. The minimum atomic E-state index is 0.205. The van der Waals surface area contributed by atoms with E-state index in [-0.39, 0.29) is 5.91 Å². The molecule has 1 aliphatic heterocycles. The molecule has 10 nitrogen and oxygen atoms in total. The Hall–Kier alpha value is -3.04. The second-order valence-electron chi connectivity index (χ2n) is 7.02. The fourth-order valence-electron chi connectivity index (χ4n) is 3.76. The van der Waals surface area contributed by atoms with E-state index >= 15 is 0 Å². The molecular formula is C18H25N9O. The van der Waals surface area contributed by atoms with Gasteiger partial charge in [-0.3, -0.25) is 4.79 Å². The minimum Gasteiger partial charge on any atom is -0.343 e. The number of carbonyl (C=O) groups excluding carboxylic acids is 1. The summed E-state index contributed by atoms with van der Waals surface area (Å²) in [5, 5.41) is 13.0. The first-order valence-corrected chi connectivity index (χ1v) is 9.72. The number of likely N-dealkylation sites (tertiary alicyclic amines) is 1. The van der Waals surface area contributed by atoms with Crippen molar-refractivity contribution in [3.8, 4) is 0 Å². The first-order chi connectivity index (χ1) is 13.7. The Kier molecular flexibility index (Phi) is 5.45. The van der Waals surface area contributed by atoms with E-state index in [9.17, 15) is 4.79 Å². The van der Waals surface area contributed by atoms with Crippen LogP contribution in [0.3, 0.4) is 0 Å². The van der Waals surface area contributed by atoms with E-state index in [4.69, 9.17) is 0 Å². The number of aromatic nitrogens is 8. The molecule has 10 heteroatoms. The number of amides is 1. The maximum atomic E-state index is 12.5. The van der Waals surface area contributed by atoms with E-state index in [0.717, 1.165) is 44.1 Å². The molecule has 28 heavy (non-hydrogen) atoms. The molecule has 0 saturated carbocycles. The number of carbonyl (C=O) groups is 1. The van der Waals surface area contributed by atoms with Crippen LogP contribution >= 0.6 is 0 Å². The Morgan fingerprint density at radius 2 is 2.04 bits per heavy atom. The Morgan fingerprint density at radius 3 is 2.71 bits per heavy atom. The predicted molar refractivity (Wildman–Crippen MR) is 100 cm³/mol. The lowest BCUT2D eigenvalue weighted by Gasteiger charge is -2.31. The van der Waals surface area contributed by atoms with E-state index in [2.05, 4.69) is 36.8 Å². The highest BCUT2D eigenvalue weighted by atomic mass is 16.2. The molecule has 0 atom stereocenters. The predicted octanol–water partition coefficient (Wildman–Crippen LogP) is 0.931. The molecule has 0 unspecified atom stereocenters. The van der Waals surface area contributed by atoms with Gasteiger partial charge >= 0.3 is 0 Å². The van der Waals surface area contributed by atoms with Crippen molar-refractivity contribution in [3.05, 3.63) is 43.0 Å². The lowest BCUT2D eigenvalue weighted by molar-refractivity contribution is -0.132. The molecule has 0 aromatic carbocycles. The highest BCUT2D eigenvalue weighted by molar-refractivity contribution is 5.76. The van der Waals surface area contributed by atoms with Crippen LogP contribution in [0.15, 0.2) is 31.4 Å². The summed E-state index contributed by atoms with van der Waals surface area (Å²) in [4.78, 5) is 22.4. The normalized spacial score (nSPS) is 15.2. The van der Waals surface area contributed by atoms with E-state index in [1.54, 1.807) is 23.5 Å². The number of hydrogen-bond acceptors (Lipinski definition) is 6. The maximum Gasteiger partial charge on any atom is 0.224 e. The van der Waals surface area contributed by atoms with Gasteiger partial charge in [-0.05, 0) is 19.8 Å². The van der Waals surface area contributed by atoms with Crippen LogP contribution in [0.4, 0.5) is 0 Å². The maximum absolute atomic E-state index is 12.5. The monoisotopic (exact) mass is 383 g/mol. The number of rotatable bonds is 7. The number of hydrogen-bond donors (Lipinski definition) is 0. The zero-order valence-electron chi connectivity index (χ0n) is 16.1. The van der Waals surface area contributed by atoms with Gasteiger partial charge in [-0.15, -0.1) is 10.2 Å². The van der Waals surface area contributed by atoms with Gasteiger partial charge in [-0.2, -0.15) is 5.10 Å². The number of nitrogens with zero attached hydrogens (tertiary/aromatic N) is 9. The average Bonchev–Trinajstić information content (AvgIpc) is 3.48. The highest BCUT2D eigenvalue weighted by Crippen LogP contribution is 2.27. The van der Waals surface area contributed by atoms with Gasteiger partial charge in [0.15, 0.2) is 5.82 Å². The first kappa shape index (κ1) is 18.3. The van der Waals surface area contributed by atoms with Crippen molar-refractivity contribution < 1.29 is 4.79 Å². The van der Waals surface area contributed by atoms with E-state index in [0.29, 0.717) is 25.4 Å². The number of imidazole rings is 1. The van der Waals surface area contributed by atoms with Gasteiger partial charge in [0.05, 0.1) is 6.33 Å². The van der Waals surface area contributed by atoms with Crippen molar-refractivity contribution in [2.45, 2.75) is 51.7 Å². The van der Waals surface area contributed by atoms with Crippen LogP contribution in [-0.4, -0.2) is 63.0 Å². The van der Waals surface area contributed by atoms with Crippen LogP contribution in [0.2, 0.25) is 0 Å². The molecule has 1 saturated heterocycles. The summed E-state index contributed by atoms with van der Waals surface area (Å²) in [7, 11) is 0. The summed E-state index contributed by atoms with van der Waals surface area (Å²) in [5.74, 6) is 2.44. The summed E-state index contributed by atoms with van der Waals surface area (Å²) in [5.41, 5.74) is 0. The average molecular weight is 383 g/mol. The minimum absolute atomic E-state index is 0.205. The van der Waals surface area contributed by atoms with Gasteiger partial charge < -0.3 is 14.0 Å². The van der Waals surface area contributed by atoms with Gasteiger partial charge in [0.25, 0.3) is 0 Å². The fourth-order valence-corrected chi connectivity index (χ4v) is 3.76. The highest BCUT2D eigenvalue weighted by Gasteiger charge is 2.27. The second-order valence-corrected chi connectivity index (χ2v) is 7.02. The van der Waals surface area contributed by atoms with Crippen molar-refractivity contribution in [1.82, 2.24) is 44.0 Å². The lowest BCUT2D eigenvalue weighted by atomic mass is 9.95. The van der Waals surface area contributed by atoms with Crippen molar-refractivity contribution in [3.63, 3.8) is 0 Å². The van der Waals surface area contributed by atoms with Crippen molar-refractivity contribution in [1.29, 1.82) is 0 Å². The molecule has 4 heterocycles. The molecule has 0 bridgehead atoms. The molecule has 3 aromatic heterocycles. The van der Waals surface area contributed by atoms with E-state index in [1.165, 1.54) is 6.33 Å². The third kappa shape index (κ3) is 3.95.